The van der Waals surface area contributed by atoms with Crippen molar-refractivity contribution < 1.29 is 43.4 Å². The summed E-state index contributed by atoms with van der Waals surface area (Å²) in [5.74, 6) is -1.53. The van der Waals surface area contributed by atoms with Gasteiger partial charge in [-0.15, -0.1) is 0 Å². The van der Waals surface area contributed by atoms with Crippen molar-refractivity contribution in [2.45, 2.75) is 102 Å². The normalized spacial score (nSPS) is 28.7. The second-order valence-corrected chi connectivity index (χ2v) is 10.3. The van der Waals surface area contributed by atoms with E-state index in [1.165, 1.54) is 25.7 Å². The zero-order chi connectivity index (χ0) is 25.1. The molecule has 0 aromatic carbocycles. The third kappa shape index (κ3) is 9.73. The highest BCUT2D eigenvalue weighted by Gasteiger charge is 2.47. The van der Waals surface area contributed by atoms with Gasteiger partial charge in [0.15, 0.2) is 6.23 Å². The van der Waals surface area contributed by atoms with Crippen LogP contribution < -0.4 is 5.73 Å². The predicted molar refractivity (Wildman–Crippen MR) is 123 cm³/mol. The molecule has 11 nitrogen and oxygen atoms in total. The third-order valence-electron chi connectivity index (χ3n) is 6.38. The molecule has 0 spiro atoms. The van der Waals surface area contributed by atoms with Crippen LogP contribution in [0.3, 0.4) is 0 Å². The summed E-state index contributed by atoms with van der Waals surface area (Å²) in [4.78, 5) is 43.8. The van der Waals surface area contributed by atoms with E-state index < -0.39 is 44.9 Å². The minimum atomic E-state index is -4.83. The monoisotopic (exact) mass is 506 g/mol. The molecule has 1 aliphatic carbocycles. The molecule has 2 aliphatic rings. The van der Waals surface area contributed by atoms with Gasteiger partial charge in [0.05, 0.1) is 6.61 Å². The van der Waals surface area contributed by atoms with Gasteiger partial charge in [-0.2, -0.15) is 0 Å². The Morgan fingerprint density at radius 1 is 0.941 bits per heavy atom. The van der Waals surface area contributed by atoms with Crippen LogP contribution in [0.25, 0.3) is 0 Å². The van der Waals surface area contributed by atoms with Gasteiger partial charge < -0.3 is 30.5 Å². The number of amides is 2. The first-order valence-electron chi connectivity index (χ1n) is 12.1. The highest BCUT2D eigenvalue weighted by atomic mass is 31.2. The molecule has 0 aromatic heterocycles. The van der Waals surface area contributed by atoms with E-state index >= 15 is 0 Å². The highest BCUT2D eigenvalue weighted by molar-refractivity contribution is 7.46. The van der Waals surface area contributed by atoms with E-state index in [1.807, 2.05) is 0 Å². The maximum atomic E-state index is 13.6. The molecular weight excluding hydrogens is 467 g/mol. The smallest absolute Gasteiger partial charge is 0.387 e. The maximum absolute atomic E-state index is 13.6. The number of aliphatic hydroxyl groups is 2. The second-order valence-electron chi connectivity index (χ2n) is 9.11. The molecule has 0 bridgehead atoms. The minimum absolute atomic E-state index is 0.361. The first-order valence-corrected chi connectivity index (χ1v) is 13.6. The molecule has 196 valence electrons. The van der Waals surface area contributed by atoms with Gasteiger partial charge in [-0.05, 0) is 12.8 Å². The van der Waals surface area contributed by atoms with Crippen molar-refractivity contribution in [3.63, 3.8) is 0 Å². The molecule has 4 atom stereocenters. The molecule has 1 heterocycles. The number of rotatable bonds is 7. The molecule has 2 fully saturated rings. The quantitative estimate of drug-likeness (QED) is 0.254. The SMILES string of the molecule is NC(=O)/C=C\N(C(=O)C1CCCCCCCCCCCC1)C1OC(COP(=O)(O)O)C(O)C1O. The summed E-state index contributed by atoms with van der Waals surface area (Å²) in [6, 6.07) is 0. The van der Waals surface area contributed by atoms with Crippen LogP contribution >= 0.6 is 7.82 Å². The fourth-order valence-corrected chi connectivity index (χ4v) is 4.84. The third-order valence-corrected chi connectivity index (χ3v) is 6.86. The molecule has 34 heavy (non-hydrogen) atoms. The van der Waals surface area contributed by atoms with E-state index in [0.717, 1.165) is 55.7 Å². The lowest BCUT2D eigenvalue weighted by Crippen LogP contribution is -2.46. The summed E-state index contributed by atoms with van der Waals surface area (Å²) in [5.41, 5.74) is 5.21. The lowest BCUT2D eigenvalue weighted by atomic mass is 9.93. The average Bonchev–Trinajstić information content (AvgIpc) is 3.05. The van der Waals surface area contributed by atoms with Crippen molar-refractivity contribution >= 4 is 19.6 Å². The Morgan fingerprint density at radius 3 is 1.91 bits per heavy atom. The largest absolute Gasteiger partial charge is 0.469 e. The lowest BCUT2D eigenvalue weighted by Gasteiger charge is -2.31. The molecule has 12 heteroatoms. The molecule has 2 amide bonds. The Labute approximate surface area is 200 Å². The van der Waals surface area contributed by atoms with Gasteiger partial charge in [0.25, 0.3) is 0 Å². The van der Waals surface area contributed by atoms with E-state index in [-0.39, 0.29) is 11.8 Å². The lowest BCUT2D eigenvalue weighted by molar-refractivity contribution is -0.150. The van der Waals surface area contributed by atoms with Crippen molar-refractivity contribution in [3.05, 3.63) is 12.3 Å². The molecule has 0 radical (unpaired) electrons. The zero-order valence-electron chi connectivity index (χ0n) is 19.5. The van der Waals surface area contributed by atoms with E-state index in [0.29, 0.717) is 12.8 Å². The van der Waals surface area contributed by atoms with E-state index in [9.17, 15) is 24.4 Å². The van der Waals surface area contributed by atoms with Crippen LogP contribution in [0.2, 0.25) is 0 Å². The van der Waals surface area contributed by atoms with Crippen LogP contribution in [-0.4, -0.2) is 67.9 Å². The number of hydrogen-bond donors (Lipinski definition) is 5. The number of carbonyl (C=O) groups excluding carboxylic acids is 2. The van der Waals surface area contributed by atoms with Gasteiger partial charge in [-0.25, -0.2) is 4.57 Å². The van der Waals surface area contributed by atoms with Crippen molar-refractivity contribution in [1.82, 2.24) is 4.90 Å². The van der Waals surface area contributed by atoms with Gasteiger partial charge in [0.2, 0.25) is 11.8 Å². The number of aliphatic hydroxyl groups excluding tert-OH is 2. The van der Waals surface area contributed by atoms with Gasteiger partial charge in [0.1, 0.15) is 18.3 Å². The summed E-state index contributed by atoms with van der Waals surface area (Å²) in [6.07, 6.45) is 8.47. The van der Waals surface area contributed by atoms with Crippen molar-refractivity contribution in [3.8, 4) is 0 Å². The summed E-state index contributed by atoms with van der Waals surface area (Å²) >= 11 is 0. The summed E-state index contributed by atoms with van der Waals surface area (Å²) in [6.45, 7) is -0.690. The number of nitrogens with two attached hydrogens (primary N) is 1. The fraction of sp³-hybridized carbons (Fsp3) is 0.818. The second kappa shape index (κ2) is 14.3. The van der Waals surface area contributed by atoms with E-state index in [1.54, 1.807) is 0 Å². The summed E-state index contributed by atoms with van der Waals surface area (Å²) in [7, 11) is -4.83. The van der Waals surface area contributed by atoms with Crippen LogP contribution in [0, 0.1) is 5.92 Å². The molecule has 6 N–H and O–H groups in total. The van der Waals surface area contributed by atoms with E-state index in [2.05, 4.69) is 4.52 Å². The fourth-order valence-electron chi connectivity index (χ4n) is 4.50. The Morgan fingerprint density at radius 2 is 1.44 bits per heavy atom. The first-order chi connectivity index (χ1) is 16.1. The number of carbonyl (C=O) groups is 2. The molecular formula is C22H39N2O9P. The number of nitrogens with zero attached hydrogens (tertiary/aromatic N) is 1. The Kier molecular flexibility index (Phi) is 12.1. The Bertz CT molecular complexity index is 715. The van der Waals surface area contributed by atoms with Gasteiger partial charge in [-0.1, -0.05) is 64.2 Å². The van der Waals surface area contributed by atoms with Crippen molar-refractivity contribution in [2.75, 3.05) is 6.61 Å². The predicted octanol–water partition coefficient (Wildman–Crippen LogP) is 1.68. The Hall–Kier alpha value is -1.33. The Balaban J connectivity index is 2.17. The van der Waals surface area contributed by atoms with Crippen LogP contribution in [0.5, 0.6) is 0 Å². The molecule has 4 unspecified atom stereocenters. The van der Waals surface area contributed by atoms with Crippen molar-refractivity contribution in [2.24, 2.45) is 11.7 Å². The van der Waals surface area contributed by atoms with Gasteiger partial charge >= 0.3 is 7.82 Å². The molecule has 1 saturated carbocycles. The van der Waals surface area contributed by atoms with Crippen LogP contribution in [-0.2, 0) is 23.4 Å². The van der Waals surface area contributed by atoms with Crippen LogP contribution in [0.1, 0.15) is 77.0 Å². The zero-order valence-corrected chi connectivity index (χ0v) is 20.4. The van der Waals surface area contributed by atoms with Crippen LogP contribution in [0.15, 0.2) is 12.3 Å². The minimum Gasteiger partial charge on any atom is -0.387 e. The molecule has 1 aliphatic heterocycles. The van der Waals surface area contributed by atoms with Crippen molar-refractivity contribution in [1.29, 1.82) is 0 Å². The first kappa shape index (κ1) is 28.9. The standard InChI is InChI=1S/C22H39N2O9P/c23-18(25)13-14-24(22-20(27)19(26)17(33-22)15-32-34(29,30)31)21(28)16-11-9-7-5-3-1-2-4-6-8-10-12-16/h13-14,16-17,19-20,22,26-27H,1-12,15H2,(H2,23,25)(H2,29,30,31)/b14-13-. The molecule has 0 aromatic rings. The number of phosphoric ester groups is 1. The van der Waals surface area contributed by atoms with Gasteiger partial charge in [0, 0.05) is 18.2 Å². The van der Waals surface area contributed by atoms with Crippen LogP contribution in [0.4, 0.5) is 0 Å². The average molecular weight is 507 g/mol. The number of ether oxygens (including phenoxy) is 1. The highest BCUT2D eigenvalue weighted by Crippen LogP contribution is 2.37. The van der Waals surface area contributed by atoms with Gasteiger partial charge in [-0.3, -0.25) is 19.0 Å². The maximum Gasteiger partial charge on any atom is 0.469 e. The summed E-state index contributed by atoms with van der Waals surface area (Å²) < 4.78 is 21.0. The number of phosphoric acid groups is 1. The van der Waals surface area contributed by atoms with E-state index in [4.69, 9.17) is 20.3 Å². The number of hydrogen-bond acceptors (Lipinski definition) is 7. The molecule has 2 rings (SSSR count). The number of primary amides is 1. The summed E-state index contributed by atoms with van der Waals surface area (Å²) in [5, 5.41) is 20.9. The topological polar surface area (TPSA) is 180 Å². The molecule has 1 saturated heterocycles.